The van der Waals surface area contributed by atoms with E-state index in [1.807, 2.05) is 42.3 Å². The molecule has 0 saturated heterocycles. The molecular weight excluding hydrogens is 448 g/mol. The predicted molar refractivity (Wildman–Crippen MR) is 134 cm³/mol. The average Bonchev–Trinajstić information content (AvgIpc) is 3.46. The molecule has 3 aromatic heterocycles. The molecule has 34 heavy (non-hydrogen) atoms. The maximum absolute atomic E-state index is 13.8. The molecule has 8 heteroatoms. The fraction of sp³-hybridized carbons (Fsp3) is 0.346. The number of hydrogen-bond donors (Lipinski definition) is 1. The molecule has 1 aliphatic rings. The quantitative estimate of drug-likeness (QED) is 0.363. The summed E-state index contributed by atoms with van der Waals surface area (Å²) in [6.07, 6.45) is 6.88. The van der Waals surface area contributed by atoms with Crippen molar-refractivity contribution in [2.45, 2.75) is 26.2 Å². The Balaban J connectivity index is 1.40. The van der Waals surface area contributed by atoms with Crippen molar-refractivity contribution in [3.63, 3.8) is 0 Å². The predicted octanol–water partition coefficient (Wildman–Crippen LogP) is 5.11. The highest BCUT2D eigenvalue weighted by Crippen LogP contribution is 2.34. The lowest BCUT2D eigenvalue weighted by atomic mass is 10.1. The number of aromatic amines is 1. The lowest BCUT2D eigenvalue weighted by Crippen LogP contribution is -2.35. The van der Waals surface area contributed by atoms with Crippen LogP contribution in [0.4, 0.5) is 0 Å². The van der Waals surface area contributed by atoms with E-state index in [2.05, 4.69) is 21.0 Å². The SMILES string of the molecule is COc1ccc(-c2sc(C)nc2C(=O)N(CCc2c[nH]c3c(OC)cccc23)CC2CC2)cn1. The molecule has 7 nitrogen and oxygen atoms in total. The van der Waals surface area contributed by atoms with Crippen molar-refractivity contribution < 1.29 is 14.3 Å². The number of aryl methyl sites for hydroxylation is 1. The van der Waals surface area contributed by atoms with Gasteiger partial charge in [-0.3, -0.25) is 4.79 Å². The van der Waals surface area contributed by atoms with Crippen molar-refractivity contribution in [3.05, 3.63) is 59.0 Å². The maximum Gasteiger partial charge on any atom is 0.274 e. The molecule has 176 valence electrons. The van der Waals surface area contributed by atoms with Gasteiger partial charge in [-0.05, 0) is 49.8 Å². The first-order valence-electron chi connectivity index (χ1n) is 11.5. The van der Waals surface area contributed by atoms with Crippen molar-refractivity contribution in [3.8, 4) is 22.1 Å². The van der Waals surface area contributed by atoms with Crippen molar-refractivity contribution in [1.82, 2.24) is 19.9 Å². The first-order chi connectivity index (χ1) is 16.6. The van der Waals surface area contributed by atoms with E-state index in [1.165, 1.54) is 29.7 Å². The first kappa shape index (κ1) is 22.4. The Morgan fingerprint density at radius 2 is 2.06 bits per heavy atom. The van der Waals surface area contributed by atoms with Gasteiger partial charge in [0.1, 0.15) is 11.4 Å². The van der Waals surface area contributed by atoms with E-state index in [0.29, 0.717) is 24.0 Å². The molecule has 1 N–H and O–H groups in total. The molecule has 0 radical (unpaired) electrons. The third-order valence-electron chi connectivity index (χ3n) is 6.24. The Morgan fingerprint density at radius 3 is 2.76 bits per heavy atom. The fourth-order valence-electron chi connectivity index (χ4n) is 4.26. The highest BCUT2D eigenvalue weighted by atomic mass is 32.1. The van der Waals surface area contributed by atoms with Crippen LogP contribution in [-0.4, -0.2) is 53.1 Å². The van der Waals surface area contributed by atoms with E-state index in [0.717, 1.165) is 45.1 Å². The van der Waals surface area contributed by atoms with Gasteiger partial charge in [0, 0.05) is 42.5 Å². The Hall–Kier alpha value is -3.39. The van der Waals surface area contributed by atoms with Crippen LogP contribution in [0, 0.1) is 12.8 Å². The van der Waals surface area contributed by atoms with Crippen LogP contribution in [0.1, 0.15) is 33.9 Å². The van der Waals surface area contributed by atoms with Crippen molar-refractivity contribution in [2.75, 3.05) is 27.3 Å². The van der Waals surface area contributed by atoms with E-state index in [4.69, 9.17) is 9.47 Å². The summed E-state index contributed by atoms with van der Waals surface area (Å²) >= 11 is 1.52. The number of carbonyl (C=O) groups excluding carboxylic acids is 1. The summed E-state index contributed by atoms with van der Waals surface area (Å²) in [4.78, 5) is 28.9. The minimum absolute atomic E-state index is 0.0144. The van der Waals surface area contributed by atoms with E-state index >= 15 is 0 Å². The van der Waals surface area contributed by atoms with E-state index < -0.39 is 0 Å². The first-order valence-corrected chi connectivity index (χ1v) is 12.3. The molecule has 1 saturated carbocycles. The van der Waals surface area contributed by atoms with Crippen molar-refractivity contribution >= 4 is 28.1 Å². The minimum atomic E-state index is -0.0144. The number of carbonyl (C=O) groups is 1. The molecule has 0 bridgehead atoms. The number of fused-ring (bicyclic) bond motifs is 1. The van der Waals surface area contributed by atoms with E-state index in [-0.39, 0.29) is 5.91 Å². The molecular formula is C26H28N4O3S. The monoisotopic (exact) mass is 476 g/mol. The number of thiazole rings is 1. The van der Waals surface area contributed by atoms with Crippen LogP contribution >= 0.6 is 11.3 Å². The van der Waals surface area contributed by atoms with E-state index in [1.54, 1.807) is 20.4 Å². The molecule has 3 heterocycles. The van der Waals surface area contributed by atoms with Crippen molar-refractivity contribution in [2.24, 2.45) is 5.92 Å². The number of nitrogens with one attached hydrogen (secondary N) is 1. The summed E-state index contributed by atoms with van der Waals surface area (Å²) in [5.74, 6) is 1.94. The fourth-order valence-corrected chi connectivity index (χ4v) is 5.16. The number of ether oxygens (including phenoxy) is 2. The summed E-state index contributed by atoms with van der Waals surface area (Å²) < 4.78 is 10.7. The van der Waals surface area contributed by atoms with Crippen LogP contribution in [0.2, 0.25) is 0 Å². The normalized spacial score (nSPS) is 13.3. The number of benzene rings is 1. The molecule has 0 spiro atoms. The molecule has 1 aliphatic carbocycles. The van der Waals surface area contributed by atoms with Gasteiger partial charge in [0.15, 0.2) is 0 Å². The molecule has 1 fully saturated rings. The second-order valence-corrected chi connectivity index (χ2v) is 9.84. The van der Waals surface area contributed by atoms with Gasteiger partial charge < -0.3 is 19.4 Å². The van der Waals surface area contributed by atoms with Gasteiger partial charge in [-0.25, -0.2) is 9.97 Å². The summed E-state index contributed by atoms with van der Waals surface area (Å²) in [5, 5.41) is 2.00. The van der Waals surface area contributed by atoms with Crippen LogP contribution in [0.25, 0.3) is 21.3 Å². The maximum atomic E-state index is 13.8. The average molecular weight is 477 g/mol. The zero-order chi connectivity index (χ0) is 23.7. The third kappa shape index (κ3) is 4.50. The van der Waals surface area contributed by atoms with Crippen LogP contribution in [0.3, 0.4) is 0 Å². The highest BCUT2D eigenvalue weighted by Gasteiger charge is 2.30. The van der Waals surface area contributed by atoms with Crippen LogP contribution < -0.4 is 9.47 Å². The molecule has 0 unspecified atom stereocenters. The zero-order valence-corrected chi connectivity index (χ0v) is 20.4. The highest BCUT2D eigenvalue weighted by molar-refractivity contribution is 7.15. The van der Waals surface area contributed by atoms with Gasteiger partial charge in [0.25, 0.3) is 5.91 Å². The molecule has 1 aromatic carbocycles. The van der Waals surface area contributed by atoms with Crippen LogP contribution in [-0.2, 0) is 6.42 Å². The largest absolute Gasteiger partial charge is 0.495 e. The molecule has 1 amide bonds. The second kappa shape index (κ2) is 9.46. The van der Waals surface area contributed by atoms with Gasteiger partial charge in [-0.15, -0.1) is 11.3 Å². The number of amides is 1. The summed E-state index contributed by atoms with van der Waals surface area (Å²) in [5.41, 5.74) is 3.56. The van der Waals surface area contributed by atoms with Gasteiger partial charge in [0.2, 0.25) is 5.88 Å². The minimum Gasteiger partial charge on any atom is -0.495 e. The van der Waals surface area contributed by atoms with Gasteiger partial charge in [-0.1, -0.05) is 12.1 Å². The third-order valence-corrected chi connectivity index (χ3v) is 7.26. The number of hydrogen-bond acceptors (Lipinski definition) is 6. The summed E-state index contributed by atoms with van der Waals surface area (Å²) in [7, 11) is 3.27. The standard InChI is InChI=1S/C26H28N4O3S/c1-16-29-24(25(34-16)19-9-10-22(33-3)27-14-19)26(31)30(15-17-7-8-17)12-11-18-13-28-23-20(18)5-4-6-21(23)32-2/h4-6,9-10,13-14,17,28H,7-8,11-12,15H2,1-3H3. The van der Waals surface area contributed by atoms with Crippen LogP contribution in [0.15, 0.2) is 42.7 Å². The Labute approximate surface area is 202 Å². The Morgan fingerprint density at radius 1 is 1.21 bits per heavy atom. The lowest BCUT2D eigenvalue weighted by molar-refractivity contribution is 0.0745. The smallest absolute Gasteiger partial charge is 0.274 e. The second-order valence-electron chi connectivity index (χ2n) is 8.64. The van der Waals surface area contributed by atoms with Gasteiger partial charge >= 0.3 is 0 Å². The number of methoxy groups -OCH3 is 2. The Kier molecular flexibility index (Phi) is 6.24. The Bertz CT molecular complexity index is 1310. The summed E-state index contributed by atoms with van der Waals surface area (Å²) in [6, 6.07) is 9.78. The van der Waals surface area contributed by atoms with Gasteiger partial charge in [-0.2, -0.15) is 0 Å². The molecule has 0 atom stereocenters. The lowest BCUT2D eigenvalue weighted by Gasteiger charge is -2.22. The summed E-state index contributed by atoms with van der Waals surface area (Å²) in [6.45, 7) is 3.34. The topological polar surface area (TPSA) is 80.3 Å². The molecule has 4 aromatic rings. The number of rotatable bonds is 9. The number of para-hydroxylation sites is 1. The molecule has 5 rings (SSSR count). The zero-order valence-electron chi connectivity index (χ0n) is 19.6. The van der Waals surface area contributed by atoms with E-state index in [9.17, 15) is 4.79 Å². The number of nitrogens with zero attached hydrogens (tertiary/aromatic N) is 3. The van der Waals surface area contributed by atoms with Gasteiger partial charge in [0.05, 0.1) is 29.6 Å². The number of H-pyrrole nitrogens is 1. The number of pyridine rings is 1. The number of aromatic nitrogens is 3. The van der Waals surface area contributed by atoms with Crippen LogP contribution in [0.5, 0.6) is 11.6 Å². The molecule has 0 aliphatic heterocycles. The van der Waals surface area contributed by atoms with Crippen molar-refractivity contribution in [1.29, 1.82) is 0 Å².